The summed E-state index contributed by atoms with van der Waals surface area (Å²) in [4.78, 5) is 14.5. The van der Waals surface area contributed by atoms with Gasteiger partial charge >= 0.3 is 5.97 Å². The first kappa shape index (κ1) is 13.1. The molecule has 0 atom stereocenters. The van der Waals surface area contributed by atoms with Gasteiger partial charge < -0.3 is 14.3 Å². The minimum atomic E-state index is -1.09. The maximum atomic E-state index is 10.8. The summed E-state index contributed by atoms with van der Waals surface area (Å²) in [6.07, 6.45) is 2.46. The average molecular weight is 261 g/mol. The molecule has 1 aromatic heterocycles. The number of rotatable bonds is 6. The third kappa shape index (κ3) is 3.34. The number of benzene rings is 1. The fourth-order valence-corrected chi connectivity index (χ4v) is 1.74. The molecule has 5 nitrogen and oxygen atoms in total. The van der Waals surface area contributed by atoms with E-state index in [1.165, 1.54) is 5.56 Å². The molecule has 0 saturated carbocycles. The third-order valence-corrected chi connectivity index (χ3v) is 2.75. The number of aryl methyl sites for hydroxylation is 1. The Morgan fingerprint density at radius 2 is 2.32 bits per heavy atom. The minimum Gasteiger partial charge on any atom is -0.493 e. The Balaban J connectivity index is 1.92. The average Bonchev–Trinajstić information content (AvgIpc) is 2.87. The molecular weight excluding hydrogens is 246 g/mol. The maximum Gasteiger partial charge on any atom is 0.358 e. The van der Waals surface area contributed by atoms with Gasteiger partial charge in [0.15, 0.2) is 12.1 Å². The van der Waals surface area contributed by atoms with Gasteiger partial charge in [0.25, 0.3) is 0 Å². The molecule has 2 rings (SSSR count). The normalized spacial score (nSPS) is 10.4. The number of aromatic nitrogens is 1. The summed E-state index contributed by atoms with van der Waals surface area (Å²) < 4.78 is 10.6. The van der Waals surface area contributed by atoms with Crippen molar-refractivity contribution in [1.82, 2.24) is 4.98 Å². The lowest BCUT2D eigenvalue weighted by Crippen LogP contribution is -2.06. The molecule has 19 heavy (non-hydrogen) atoms. The van der Waals surface area contributed by atoms with Gasteiger partial charge in [-0.3, -0.25) is 0 Å². The van der Waals surface area contributed by atoms with Gasteiger partial charge in [0.2, 0.25) is 0 Å². The summed E-state index contributed by atoms with van der Waals surface area (Å²) in [6, 6.07) is 7.81. The van der Waals surface area contributed by atoms with E-state index < -0.39 is 5.97 Å². The van der Waals surface area contributed by atoms with Gasteiger partial charge in [-0.15, -0.1) is 0 Å². The Kier molecular flexibility index (Phi) is 4.18. The van der Waals surface area contributed by atoms with Gasteiger partial charge in [-0.1, -0.05) is 19.1 Å². The Morgan fingerprint density at radius 1 is 1.47 bits per heavy atom. The molecule has 100 valence electrons. The lowest BCUT2D eigenvalue weighted by atomic mass is 10.2. The monoisotopic (exact) mass is 261 g/mol. The summed E-state index contributed by atoms with van der Waals surface area (Å²) in [5, 5.41) is 8.88. The van der Waals surface area contributed by atoms with Crippen molar-refractivity contribution in [2.75, 3.05) is 6.61 Å². The van der Waals surface area contributed by atoms with Crippen molar-refractivity contribution in [3.8, 4) is 5.75 Å². The predicted molar refractivity (Wildman–Crippen MR) is 68.5 cm³/mol. The number of carboxylic acid groups (broad SMARTS) is 1. The van der Waals surface area contributed by atoms with Crippen LogP contribution in [-0.2, 0) is 12.8 Å². The summed E-state index contributed by atoms with van der Waals surface area (Å²) in [5.74, 6) is 0.0200. The summed E-state index contributed by atoms with van der Waals surface area (Å²) >= 11 is 0. The second-order valence-electron chi connectivity index (χ2n) is 4.03. The maximum absolute atomic E-state index is 10.8. The van der Waals surface area contributed by atoms with Gasteiger partial charge in [-0.25, -0.2) is 9.78 Å². The number of hydrogen-bond donors (Lipinski definition) is 1. The van der Waals surface area contributed by atoms with Crippen LogP contribution >= 0.6 is 0 Å². The van der Waals surface area contributed by atoms with Crippen molar-refractivity contribution < 1.29 is 19.1 Å². The number of aromatic carboxylic acids is 1. The molecule has 0 aliphatic carbocycles. The third-order valence-electron chi connectivity index (χ3n) is 2.75. The highest BCUT2D eigenvalue weighted by atomic mass is 16.5. The van der Waals surface area contributed by atoms with Crippen LogP contribution < -0.4 is 4.74 Å². The Morgan fingerprint density at radius 3 is 3.05 bits per heavy atom. The molecule has 0 spiro atoms. The lowest BCUT2D eigenvalue weighted by molar-refractivity contribution is 0.0688. The minimum absolute atomic E-state index is 0.0501. The van der Waals surface area contributed by atoms with Crippen LogP contribution in [0.5, 0.6) is 5.75 Å². The number of hydrogen-bond acceptors (Lipinski definition) is 4. The fraction of sp³-hybridized carbons (Fsp3) is 0.286. The van der Waals surface area contributed by atoms with Crippen LogP contribution in [0.4, 0.5) is 0 Å². The molecule has 1 N–H and O–H groups in total. The van der Waals surface area contributed by atoms with E-state index >= 15 is 0 Å². The van der Waals surface area contributed by atoms with Crippen LogP contribution in [0, 0.1) is 0 Å². The fourth-order valence-electron chi connectivity index (χ4n) is 1.74. The van der Waals surface area contributed by atoms with Crippen molar-refractivity contribution in [1.29, 1.82) is 0 Å². The number of ether oxygens (including phenoxy) is 1. The van der Waals surface area contributed by atoms with Crippen LogP contribution in [0.2, 0.25) is 0 Å². The second-order valence-corrected chi connectivity index (χ2v) is 4.03. The Bertz CT molecular complexity index is 562. The van der Waals surface area contributed by atoms with E-state index in [9.17, 15) is 4.79 Å². The van der Waals surface area contributed by atoms with E-state index in [4.69, 9.17) is 14.3 Å². The van der Waals surface area contributed by atoms with E-state index in [1.54, 1.807) is 0 Å². The van der Waals surface area contributed by atoms with Crippen molar-refractivity contribution >= 4 is 5.97 Å². The first-order valence-corrected chi connectivity index (χ1v) is 6.08. The first-order chi connectivity index (χ1) is 9.20. The van der Waals surface area contributed by atoms with Gasteiger partial charge in [0.1, 0.15) is 11.5 Å². The molecule has 0 bridgehead atoms. The van der Waals surface area contributed by atoms with Gasteiger partial charge in [-0.2, -0.15) is 0 Å². The van der Waals surface area contributed by atoms with Gasteiger partial charge in [0, 0.05) is 6.42 Å². The second kappa shape index (κ2) is 6.04. The molecule has 0 aliphatic heterocycles. The highest BCUT2D eigenvalue weighted by Gasteiger charge is 2.15. The molecule has 0 saturated heterocycles. The van der Waals surface area contributed by atoms with E-state index in [0.717, 1.165) is 18.6 Å². The SMILES string of the molecule is CCc1cccc(OCCc2ocnc2C(=O)O)c1. The number of nitrogens with zero attached hydrogens (tertiary/aromatic N) is 1. The first-order valence-electron chi connectivity index (χ1n) is 6.08. The highest BCUT2D eigenvalue weighted by Crippen LogP contribution is 2.15. The van der Waals surface area contributed by atoms with Crippen LogP contribution in [0.15, 0.2) is 35.1 Å². The molecule has 0 amide bonds. The van der Waals surface area contributed by atoms with Crippen LogP contribution in [0.25, 0.3) is 0 Å². The number of carboxylic acids is 1. The summed E-state index contributed by atoms with van der Waals surface area (Å²) in [6.45, 7) is 2.43. The van der Waals surface area contributed by atoms with Crippen LogP contribution in [0.1, 0.15) is 28.7 Å². The van der Waals surface area contributed by atoms with Gasteiger partial charge in [0.05, 0.1) is 6.61 Å². The zero-order valence-electron chi connectivity index (χ0n) is 10.6. The molecule has 5 heteroatoms. The number of carbonyl (C=O) groups is 1. The van der Waals surface area contributed by atoms with E-state index in [-0.39, 0.29) is 5.69 Å². The van der Waals surface area contributed by atoms with Gasteiger partial charge in [-0.05, 0) is 24.1 Å². The van der Waals surface area contributed by atoms with Crippen molar-refractivity contribution in [3.63, 3.8) is 0 Å². The quantitative estimate of drug-likeness (QED) is 0.865. The standard InChI is InChI=1S/C14H15NO4/c1-2-10-4-3-5-11(8-10)18-7-6-12-13(14(16)17)15-9-19-12/h3-5,8-9H,2,6-7H2,1H3,(H,16,17). The van der Waals surface area contributed by atoms with Crippen LogP contribution in [0.3, 0.4) is 0 Å². The number of oxazole rings is 1. The largest absolute Gasteiger partial charge is 0.493 e. The molecule has 0 fully saturated rings. The van der Waals surface area contributed by atoms with Crippen molar-refractivity contribution in [3.05, 3.63) is 47.7 Å². The smallest absolute Gasteiger partial charge is 0.358 e. The highest BCUT2D eigenvalue weighted by molar-refractivity contribution is 5.86. The zero-order chi connectivity index (χ0) is 13.7. The van der Waals surface area contributed by atoms with E-state index in [2.05, 4.69) is 11.9 Å². The molecular formula is C14H15NO4. The summed E-state index contributed by atoms with van der Waals surface area (Å²) in [5.41, 5.74) is 1.15. The molecule has 1 aromatic carbocycles. The lowest BCUT2D eigenvalue weighted by Gasteiger charge is -2.06. The van der Waals surface area contributed by atoms with Crippen molar-refractivity contribution in [2.24, 2.45) is 0 Å². The predicted octanol–water partition coefficient (Wildman–Crippen LogP) is 2.56. The van der Waals surface area contributed by atoms with E-state index in [0.29, 0.717) is 18.8 Å². The molecule has 2 aromatic rings. The van der Waals surface area contributed by atoms with Crippen LogP contribution in [-0.4, -0.2) is 22.7 Å². The molecule has 1 heterocycles. The summed E-state index contributed by atoms with van der Waals surface area (Å²) in [7, 11) is 0. The molecule has 0 radical (unpaired) electrons. The zero-order valence-corrected chi connectivity index (χ0v) is 10.6. The molecule has 0 unspecified atom stereocenters. The Hall–Kier alpha value is -2.30. The topological polar surface area (TPSA) is 72.6 Å². The van der Waals surface area contributed by atoms with E-state index in [1.807, 2.05) is 24.3 Å². The Labute approximate surface area is 110 Å². The van der Waals surface area contributed by atoms with Crippen molar-refractivity contribution in [2.45, 2.75) is 19.8 Å². The molecule has 0 aliphatic rings.